The summed E-state index contributed by atoms with van der Waals surface area (Å²) in [4.78, 5) is 37.0. The normalized spacial score (nSPS) is 18.9. The molecule has 2 N–H and O–H groups in total. The number of ether oxygens (including phenoxy) is 1. The molecule has 1 aliphatic heterocycles. The highest BCUT2D eigenvalue weighted by atomic mass is 16.5. The lowest BCUT2D eigenvalue weighted by Gasteiger charge is -2.21. The van der Waals surface area contributed by atoms with Crippen molar-refractivity contribution in [3.63, 3.8) is 0 Å². The number of amides is 2. The van der Waals surface area contributed by atoms with Crippen molar-refractivity contribution in [1.82, 2.24) is 10.2 Å². The predicted molar refractivity (Wildman–Crippen MR) is 105 cm³/mol. The van der Waals surface area contributed by atoms with Crippen molar-refractivity contribution in [1.29, 1.82) is 0 Å². The smallest absolute Gasteiger partial charge is 0.407 e. The van der Waals surface area contributed by atoms with Crippen molar-refractivity contribution in [2.75, 3.05) is 13.2 Å². The van der Waals surface area contributed by atoms with Crippen molar-refractivity contribution in [3.05, 3.63) is 59.7 Å². The molecule has 150 valence electrons. The molecule has 4 rings (SSSR count). The van der Waals surface area contributed by atoms with Gasteiger partial charge in [-0.05, 0) is 35.6 Å². The highest BCUT2D eigenvalue weighted by Crippen LogP contribution is 2.44. The van der Waals surface area contributed by atoms with Crippen LogP contribution in [0.2, 0.25) is 0 Å². The van der Waals surface area contributed by atoms with Crippen molar-refractivity contribution >= 4 is 18.0 Å². The summed E-state index contributed by atoms with van der Waals surface area (Å²) >= 11 is 0. The Kier molecular flexibility index (Phi) is 4.96. The highest BCUT2D eigenvalue weighted by Gasteiger charge is 2.38. The number of fused-ring (bicyclic) bond motifs is 3. The molecule has 2 aromatic carbocycles. The first kappa shape index (κ1) is 19.0. The Labute approximate surface area is 168 Å². The molecular weight excluding hydrogens is 372 g/mol. The molecule has 1 aliphatic carbocycles. The lowest BCUT2D eigenvalue weighted by atomic mass is 9.98. The average molecular weight is 394 g/mol. The molecule has 0 radical (unpaired) electrons. The number of carbonyl (C=O) groups is 3. The maximum absolute atomic E-state index is 12.4. The maximum Gasteiger partial charge on any atom is 0.407 e. The van der Waals surface area contributed by atoms with Crippen LogP contribution in [0.1, 0.15) is 30.4 Å². The van der Waals surface area contributed by atoms with Crippen LogP contribution in [0.4, 0.5) is 4.79 Å². The molecule has 2 atom stereocenters. The number of likely N-dealkylation sites (tertiary alicyclic amines) is 1. The van der Waals surface area contributed by atoms with E-state index in [4.69, 9.17) is 9.84 Å². The van der Waals surface area contributed by atoms with E-state index in [-0.39, 0.29) is 12.5 Å². The van der Waals surface area contributed by atoms with Crippen molar-refractivity contribution in [2.24, 2.45) is 0 Å². The fourth-order valence-electron chi connectivity index (χ4n) is 4.14. The fourth-order valence-corrected chi connectivity index (χ4v) is 4.14. The number of hydrogen-bond acceptors (Lipinski definition) is 4. The number of alkyl carbamates (subject to hydrolysis) is 1. The Morgan fingerprint density at radius 3 is 2.31 bits per heavy atom. The molecule has 1 heterocycles. The van der Waals surface area contributed by atoms with E-state index < -0.39 is 30.1 Å². The van der Waals surface area contributed by atoms with Gasteiger partial charge in [0.25, 0.3) is 0 Å². The van der Waals surface area contributed by atoms with Crippen molar-refractivity contribution in [2.45, 2.75) is 31.3 Å². The molecule has 0 aromatic heterocycles. The van der Waals surface area contributed by atoms with Gasteiger partial charge in [0, 0.05) is 12.5 Å². The number of benzene rings is 2. The zero-order chi connectivity index (χ0) is 20.5. The van der Waals surface area contributed by atoms with Crippen LogP contribution in [0.25, 0.3) is 11.1 Å². The van der Waals surface area contributed by atoms with Crippen LogP contribution in [0.15, 0.2) is 48.5 Å². The highest BCUT2D eigenvalue weighted by molar-refractivity contribution is 5.90. The molecule has 2 amide bonds. The Morgan fingerprint density at radius 1 is 1.14 bits per heavy atom. The van der Waals surface area contributed by atoms with Gasteiger partial charge in [-0.15, -0.1) is 0 Å². The van der Waals surface area contributed by atoms with Crippen LogP contribution in [0, 0.1) is 0 Å². The van der Waals surface area contributed by atoms with Crippen LogP contribution in [-0.2, 0) is 14.3 Å². The van der Waals surface area contributed by atoms with Crippen LogP contribution in [0.5, 0.6) is 0 Å². The fraction of sp³-hybridized carbons (Fsp3) is 0.318. The zero-order valence-electron chi connectivity index (χ0n) is 16.0. The average Bonchev–Trinajstić information content (AvgIpc) is 3.24. The zero-order valence-corrected chi connectivity index (χ0v) is 16.0. The summed E-state index contributed by atoms with van der Waals surface area (Å²) in [5.41, 5.74) is 4.50. The molecule has 1 saturated heterocycles. The second-order valence-electron chi connectivity index (χ2n) is 7.36. The van der Waals surface area contributed by atoms with E-state index in [9.17, 15) is 14.4 Å². The van der Waals surface area contributed by atoms with Crippen LogP contribution >= 0.6 is 0 Å². The maximum atomic E-state index is 12.4. The quantitative estimate of drug-likeness (QED) is 0.813. The van der Waals surface area contributed by atoms with Crippen LogP contribution in [0.3, 0.4) is 0 Å². The number of aliphatic carboxylic acids is 1. The lowest BCUT2D eigenvalue weighted by molar-refractivity contribution is -0.147. The standard InChI is InChI=1S/C22H22N2O5/c1-13(21(26)27)24-11-10-19(20(24)25)23-22(28)29-12-18-16-8-4-2-6-14(16)15-7-3-5-9-17(15)18/h2-9,13,18-19H,10-12H2,1H3,(H,23,28)(H,26,27)/t13-,19-/m0/s1. The number of carbonyl (C=O) groups excluding carboxylic acids is 2. The molecule has 1 fully saturated rings. The molecular formula is C22H22N2O5. The predicted octanol–water partition coefficient (Wildman–Crippen LogP) is 2.60. The first-order chi connectivity index (χ1) is 14.0. The van der Waals surface area contributed by atoms with Gasteiger partial charge in [-0.25, -0.2) is 9.59 Å². The Hall–Kier alpha value is -3.35. The van der Waals surface area contributed by atoms with Gasteiger partial charge in [0.15, 0.2) is 0 Å². The van der Waals surface area contributed by atoms with Gasteiger partial charge in [-0.2, -0.15) is 0 Å². The first-order valence-corrected chi connectivity index (χ1v) is 9.62. The summed E-state index contributed by atoms with van der Waals surface area (Å²) in [5, 5.41) is 11.7. The largest absolute Gasteiger partial charge is 0.480 e. The number of rotatable bonds is 5. The van der Waals surface area contributed by atoms with Crippen LogP contribution in [-0.4, -0.2) is 53.2 Å². The van der Waals surface area contributed by atoms with Gasteiger partial charge in [-0.3, -0.25) is 4.79 Å². The summed E-state index contributed by atoms with van der Waals surface area (Å²) in [6.07, 6.45) is -0.310. The SMILES string of the molecule is C[C@@H](C(=O)O)N1CC[C@H](NC(=O)OCC2c3ccccc3-c3ccccc32)C1=O. The van der Waals surface area contributed by atoms with Gasteiger partial charge >= 0.3 is 12.1 Å². The van der Waals surface area contributed by atoms with Crippen molar-refractivity contribution in [3.8, 4) is 11.1 Å². The molecule has 29 heavy (non-hydrogen) atoms. The molecule has 2 aromatic rings. The summed E-state index contributed by atoms with van der Waals surface area (Å²) in [6.45, 7) is 1.91. The minimum absolute atomic E-state index is 0.0593. The van der Waals surface area contributed by atoms with E-state index in [2.05, 4.69) is 17.4 Å². The Bertz CT molecular complexity index is 928. The van der Waals surface area contributed by atoms with Gasteiger partial charge in [-0.1, -0.05) is 48.5 Å². The minimum Gasteiger partial charge on any atom is -0.480 e. The summed E-state index contributed by atoms with van der Waals surface area (Å²) in [5.74, 6) is -1.52. The van der Waals surface area contributed by atoms with Gasteiger partial charge in [0.2, 0.25) is 5.91 Å². The second kappa shape index (κ2) is 7.58. The Morgan fingerprint density at radius 2 is 1.72 bits per heavy atom. The summed E-state index contributed by atoms with van der Waals surface area (Å²) < 4.78 is 5.46. The van der Waals surface area contributed by atoms with Gasteiger partial charge in [0.05, 0.1) is 0 Å². The molecule has 0 unspecified atom stereocenters. The first-order valence-electron chi connectivity index (χ1n) is 9.62. The third-order valence-electron chi connectivity index (χ3n) is 5.70. The van der Waals surface area contributed by atoms with E-state index in [1.54, 1.807) is 0 Å². The van der Waals surface area contributed by atoms with Crippen LogP contribution < -0.4 is 5.32 Å². The molecule has 0 saturated carbocycles. The monoisotopic (exact) mass is 394 g/mol. The number of hydrogen-bond donors (Lipinski definition) is 2. The molecule has 0 bridgehead atoms. The van der Waals surface area contributed by atoms with E-state index in [0.29, 0.717) is 13.0 Å². The minimum atomic E-state index is -1.07. The third kappa shape index (κ3) is 3.44. The third-order valence-corrected chi connectivity index (χ3v) is 5.70. The summed E-state index contributed by atoms with van der Waals surface area (Å²) in [6, 6.07) is 14.4. The second-order valence-corrected chi connectivity index (χ2v) is 7.36. The lowest BCUT2D eigenvalue weighted by Crippen LogP contribution is -2.46. The number of nitrogens with one attached hydrogen (secondary N) is 1. The van der Waals surface area contributed by atoms with E-state index in [0.717, 1.165) is 22.3 Å². The topological polar surface area (TPSA) is 95.9 Å². The van der Waals surface area contributed by atoms with E-state index in [1.165, 1.54) is 11.8 Å². The molecule has 7 heteroatoms. The number of nitrogens with zero attached hydrogens (tertiary/aromatic N) is 1. The van der Waals surface area contributed by atoms with E-state index in [1.807, 2.05) is 36.4 Å². The molecule has 0 spiro atoms. The Balaban J connectivity index is 1.40. The molecule has 2 aliphatic rings. The summed E-state index contributed by atoms with van der Waals surface area (Å²) in [7, 11) is 0. The molecule has 7 nitrogen and oxygen atoms in total. The van der Waals surface area contributed by atoms with E-state index >= 15 is 0 Å². The van der Waals surface area contributed by atoms with Gasteiger partial charge < -0.3 is 20.1 Å². The number of carboxylic acids is 1. The van der Waals surface area contributed by atoms with Gasteiger partial charge in [0.1, 0.15) is 18.7 Å². The van der Waals surface area contributed by atoms with Crippen molar-refractivity contribution < 1.29 is 24.2 Å². The number of carboxylic acid groups (broad SMARTS) is 1.